The average molecular weight is 640 g/mol. The fourth-order valence-corrected chi connectivity index (χ4v) is 5.70. The number of hydrogen-bond acceptors (Lipinski definition) is 6. The molecule has 0 amide bonds. The van der Waals surface area contributed by atoms with Crippen LogP contribution in [0.3, 0.4) is 0 Å². The maximum atomic E-state index is 9.56. The van der Waals surface area contributed by atoms with Gasteiger partial charge in [0.25, 0.3) is 5.52 Å². The lowest BCUT2D eigenvalue weighted by molar-refractivity contribution is -0.674. The first-order chi connectivity index (χ1) is 22.2. The number of ether oxygens (including phenoxy) is 1. The highest BCUT2D eigenvalue weighted by atomic mass is 32.3. The van der Waals surface area contributed by atoms with Gasteiger partial charge in [0.05, 0.1) is 18.4 Å². The van der Waals surface area contributed by atoms with Crippen molar-refractivity contribution in [1.82, 2.24) is 0 Å². The number of allylic oxidation sites excluding steroid dienone is 2. The molecule has 8 nitrogen and oxygen atoms in total. The highest BCUT2D eigenvalue weighted by Crippen LogP contribution is 2.42. The molecule has 9 heteroatoms. The zero-order valence-corrected chi connectivity index (χ0v) is 27.3. The Balaban J connectivity index is 0.000000537. The van der Waals surface area contributed by atoms with Gasteiger partial charge in [-0.2, -0.15) is 13.0 Å². The predicted octanol–water partition coefficient (Wildman–Crippen LogP) is 8.45. The third kappa shape index (κ3) is 7.56. The molecule has 6 rings (SSSR count). The Morgan fingerprint density at radius 2 is 1.48 bits per heavy atom. The van der Waals surface area contributed by atoms with Gasteiger partial charge in [-0.25, -0.2) is 4.18 Å². The Hall–Kier alpha value is -4.70. The largest absolute Gasteiger partial charge is 0.439 e. The van der Waals surface area contributed by atoms with Crippen LogP contribution in [0.5, 0.6) is 5.75 Å². The lowest BCUT2D eigenvalue weighted by atomic mass is 10.0. The van der Waals surface area contributed by atoms with Crippen LogP contribution in [0.1, 0.15) is 40.0 Å². The second kappa shape index (κ2) is 14.6. The number of anilines is 1. The van der Waals surface area contributed by atoms with Gasteiger partial charge in [-0.15, -0.1) is 0 Å². The van der Waals surface area contributed by atoms with E-state index in [1.165, 1.54) is 29.2 Å². The zero-order chi connectivity index (χ0) is 32.7. The summed E-state index contributed by atoms with van der Waals surface area (Å²) in [4.78, 5) is 2.24. The summed E-state index contributed by atoms with van der Waals surface area (Å²) >= 11 is 0. The quantitative estimate of drug-likeness (QED) is 0.128. The fourth-order valence-electron chi connectivity index (χ4n) is 5.40. The summed E-state index contributed by atoms with van der Waals surface area (Å²) in [5, 5.41) is 0. The Bertz CT molecular complexity index is 1970. The van der Waals surface area contributed by atoms with Crippen LogP contribution in [-0.4, -0.2) is 26.1 Å². The third-order valence-corrected chi connectivity index (χ3v) is 8.13. The van der Waals surface area contributed by atoms with Gasteiger partial charge in [0, 0.05) is 18.7 Å². The van der Waals surface area contributed by atoms with E-state index < -0.39 is 10.4 Å². The smallest absolute Gasteiger partial charge is 0.397 e. The van der Waals surface area contributed by atoms with E-state index >= 15 is 0 Å². The molecule has 1 aliphatic heterocycles. The van der Waals surface area contributed by atoms with Crippen molar-refractivity contribution in [3.63, 3.8) is 0 Å². The van der Waals surface area contributed by atoms with Gasteiger partial charge in [0.2, 0.25) is 11.5 Å². The van der Waals surface area contributed by atoms with Crippen LogP contribution < -0.4 is 14.2 Å². The summed E-state index contributed by atoms with van der Waals surface area (Å²) in [6.07, 6.45) is 5.15. The van der Waals surface area contributed by atoms with Crippen LogP contribution in [0.2, 0.25) is 0 Å². The molecule has 0 spiro atoms. The fraction of sp³-hybridized carbons (Fsp3) is 0.216. The zero-order valence-electron chi connectivity index (χ0n) is 26.5. The Morgan fingerprint density at radius 3 is 2.02 bits per heavy atom. The summed E-state index contributed by atoms with van der Waals surface area (Å²) < 4.78 is 45.6. The monoisotopic (exact) mass is 639 g/mol. The van der Waals surface area contributed by atoms with Gasteiger partial charge in [-0.1, -0.05) is 79.7 Å². The maximum Gasteiger partial charge on any atom is 0.397 e. The predicted molar refractivity (Wildman–Crippen MR) is 183 cm³/mol. The number of aryl methyl sites for hydroxylation is 1. The highest BCUT2D eigenvalue weighted by molar-refractivity contribution is 7.80. The molecule has 0 saturated heterocycles. The van der Waals surface area contributed by atoms with E-state index in [1.807, 2.05) is 12.1 Å². The van der Waals surface area contributed by atoms with Gasteiger partial charge >= 0.3 is 16.3 Å². The molecule has 46 heavy (non-hydrogen) atoms. The molecule has 2 heterocycles. The summed E-state index contributed by atoms with van der Waals surface area (Å²) in [5.74, 6) is 2.58. The lowest BCUT2D eigenvalue weighted by Crippen LogP contribution is -2.33. The van der Waals surface area contributed by atoms with E-state index in [1.54, 1.807) is 0 Å². The first kappa shape index (κ1) is 32.7. The first-order valence-corrected chi connectivity index (χ1v) is 16.8. The number of aromatic nitrogens is 1. The van der Waals surface area contributed by atoms with Crippen molar-refractivity contribution >= 4 is 33.3 Å². The number of hydrogen-bond donors (Lipinski definition) is 1. The minimum atomic E-state index is -4.17. The van der Waals surface area contributed by atoms with Gasteiger partial charge in [-0.05, 0) is 73.2 Å². The van der Waals surface area contributed by atoms with Gasteiger partial charge in [0.15, 0.2) is 5.75 Å². The summed E-state index contributed by atoms with van der Waals surface area (Å²) in [6, 6.07) is 33.8. The molecule has 238 valence electrons. The van der Waals surface area contributed by atoms with E-state index in [4.69, 9.17) is 13.7 Å². The second-order valence-electron chi connectivity index (χ2n) is 10.5. The SMILES string of the molecule is CCC(/C=C1\Oc2ccc(-c3ccccc3)cc2N1CC)=C\c1oc2ccc(-c3ccccc3)cc2[n+]1CC.CCOS(=O)(=O)O. The minimum Gasteiger partial charge on any atom is -0.439 e. The number of oxazole rings is 1. The Morgan fingerprint density at radius 1 is 0.848 bits per heavy atom. The molecule has 0 unspecified atom stereocenters. The highest BCUT2D eigenvalue weighted by Gasteiger charge is 2.26. The van der Waals surface area contributed by atoms with Crippen molar-refractivity contribution in [2.75, 3.05) is 18.1 Å². The van der Waals surface area contributed by atoms with E-state index in [2.05, 4.69) is 132 Å². The topological polar surface area (TPSA) is 93.1 Å². The number of rotatable bonds is 9. The molecule has 0 saturated carbocycles. The van der Waals surface area contributed by atoms with E-state index in [0.29, 0.717) is 0 Å². The molecule has 1 aliphatic rings. The van der Waals surface area contributed by atoms with E-state index in [9.17, 15) is 8.42 Å². The standard InChI is InChI=1S/C35H33N2O2.C2H6O4S/c1-4-25(21-34-36(5-2)30-23-28(17-19-32(30)38-34)26-13-9-7-10-14-26)22-35-37(6-3)31-24-29(18-20-33(31)39-35)27-15-11-8-12-16-27;1-2-6-7(3,4)5/h7-24H,4-6H2,1-3H3;2H2,1H3,(H,3,4,5)/q+1;. The van der Waals surface area contributed by atoms with Crippen molar-refractivity contribution in [3.8, 4) is 28.0 Å². The normalized spacial score (nSPS) is 13.8. The first-order valence-electron chi connectivity index (χ1n) is 15.4. The average Bonchev–Trinajstić information content (AvgIpc) is 3.60. The van der Waals surface area contributed by atoms with Crippen LogP contribution in [0.15, 0.2) is 119 Å². The molecule has 1 aromatic heterocycles. The Kier molecular flexibility index (Phi) is 10.4. The molecular weight excluding hydrogens is 600 g/mol. The molecule has 0 bridgehead atoms. The van der Waals surface area contributed by atoms with Crippen molar-refractivity contribution in [2.45, 2.75) is 40.7 Å². The second-order valence-corrected chi connectivity index (χ2v) is 11.6. The van der Waals surface area contributed by atoms with Crippen LogP contribution in [-0.2, 0) is 21.1 Å². The van der Waals surface area contributed by atoms with Gasteiger partial charge in [-0.3, -0.25) is 4.55 Å². The minimum absolute atomic E-state index is 0.0289. The van der Waals surface area contributed by atoms with Crippen molar-refractivity contribution in [3.05, 3.63) is 120 Å². The van der Waals surface area contributed by atoms with Crippen LogP contribution >= 0.6 is 0 Å². The number of benzene rings is 4. The molecule has 1 N–H and O–H groups in total. The third-order valence-electron chi connectivity index (χ3n) is 7.60. The molecule has 0 atom stereocenters. The van der Waals surface area contributed by atoms with Crippen LogP contribution in [0.25, 0.3) is 39.4 Å². The van der Waals surface area contributed by atoms with Gasteiger partial charge < -0.3 is 14.1 Å². The maximum absolute atomic E-state index is 9.56. The van der Waals surface area contributed by atoms with Crippen molar-refractivity contribution in [2.24, 2.45) is 0 Å². The number of fused-ring (bicyclic) bond motifs is 2. The van der Waals surface area contributed by atoms with Crippen molar-refractivity contribution < 1.29 is 30.9 Å². The number of nitrogens with zero attached hydrogens (tertiary/aromatic N) is 2. The summed E-state index contributed by atoms with van der Waals surface area (Å²) in [6.45, 7) is 9.55. The lowest BCUT2D eigenvalue weighted by Gasteiger charge is -2.16. The summed E-state index contributed by atoms with van der Waals surface area (Å²) in [7, 11) is -4.17. The van der Waals surface area contributed by atoms with E-state index in [-0.39, 0.29) is 6.61 Å². The van der Waals surface area contributed by atoms with Crippen LogP contribution in [0.4, 0.5) is 5.69 Å². The van der Waals surface area contributed by atoms with Crippen LogP contribution in [0, 0.1) is 0 Å². The van der Waals surface area contributed by atoms with Gasteiger partial charge in [0.1, 0.15) is 6.54 Å². The van der Waals surface area contributed by atoms with E-state index in [0.717, 1.165) is 59.4 Å². The molecule has 4 aromatic carbocycles. The molecular formula is C37H39N2O6S+. The molecule has 5 aromatic rings. The Labute approximate surface area is 270 Å². The molecule has 0 radical (unpaired) electrons. The molecule has 0 fully saturated rings. The molecule has 0 aliphatic carbocycles. The van der Waals surface area contributed by atoms with Crippen molar-refractivity contribution in [1.29, 1.82) is 0 Å². The summed E-state index contributed by atoms with van der Waals surface area (Å²) in [5.41, 5.74) is 9.00.